The van der Waals surface area contributed by atoms with Gasteiger partial charge in [0.05, 0.1) is 32.0 Å². The second-order valence-corrected chi connectivity index (χ2v) is 14.2. The molecule has 2 aromatic carbocycles. The Labute approximate surface area is 360 Å². The van der Waals surface area contributed by atoms with Gasteiger partial charge in [-0.3, -0.25) is 38.4 Å². The fraction of sp³-hybridized carbons (Fsp3) is 0.410. The minimum Gasteiger partial charge on any atom is -0.508 e. The molecular weight excluding hydrogens is 830 g/mol. The number of aromatic hydroxyl groups is 1. The molecule has 0 unspecified atom stereocenters. The molecule has 0 aliphatic heterocycles. The Morgan fingerprint density at radius 2 is 1.25 bits per heavy atom. The van der Waals surface area contributed by atoms with E-state index in [1.165, 1.54) is 12.1 Å². The maximum atomic E-state index is 13.8. The van der Waals surface area contributed by atoms with Crippen molar-refractivity contribution in [3.63, 3.8) is 0 Å². The van der Waals surface area contributed by atoms with E-state index in [4.69, 9.17) is 33.1 Å². The fourth-order valence-corrected chi connectivity index (χ4v) is 5.73. The highest BCUT2D eigenvalue weighted by atomic mass is 16.4. The highest BCUT2D eigenvalue weighted by Crippen LogP contribution is 2.19. The van der Waals surface area contributed by atoms with Crippen LogP contribution in [0.4, 0.5) is 0 Å². The number of carboxylic acids is 2. The van der Waals surface area contributed by atoms with Gasteiger partial charge in [-0.15, -0.1) is 0 Å². The van der Waals surface area contributed by atoms with Crippen molar-refractivity contribution in [2.45, 2.75) is 81.2 Å². The number of fused-ring (bicyclic) bond motifs is 1. The van der Waals surface area contributed by atoms with Crippen molar-refractivity contribution < 1.29 is 63.6 Å². The summed E-state index contributed by atoms with van der Waals surface area (Å²) in [4.78, 5) is 112. The topological polar surface area (TPSA) is 441 Å². The van der Waals surface area contributed by atoms with Gasteiger partial charge in [0.1, 0.15) is 36.0 Å². The standard InChI is InChI=1S/C35H47N9O10.C4H8N2O3/c36-12-4-3-7-25(32(50)40-17-30(48)41-27(15-29(38)47)34(52)44-28(18-45)35(53)54)42-33(51)26(13-19-8-10-21(46)11-9-19)43-31(49)23(37)14-20-16-39-24-6-2-1-5-22(20)24;5-2(4(8)9)1-3(6)7/h1-2,5-6,8-11,16,23,25-28,39,45-46H,3-4,7,12-15,17-18,36-37H2,(H2,38,47)(H,40,50)(H,41,48)(H,42,51)(H,43,49)(H,44,52)(H,53,54);2H,1,5H2,(H2,6,7)(H,8,9)/t23-,25-,26-,27-,28-;2-/m00/s1. The number of aromatic amines is 1. The molecule has 0 bridgehead atoms. The molecular formula is C39H55N11O13. The van der Waals surface area contributed by atoms with Crippen LogP contribution in [-0.4, -0.2) is 135 Å². The molecule has 0 radical (unpaired) electrons. The Morgan fingerprint density at radius 3 is 1.83 bits per heavy atom. The molecule has 6 atom stereocenters. The number of para-hydroxylation sites is 1. The number of primary amides is 2. The second-order valence-electron chi connectivity index (χ2n) is 14.2. The number of hydrogen-bond acceptors (Lipinski definition) is 14. The van der Waals surface area contributed by atoms with Gasteiger partial charge in [0, 0.05) is 23.5 Å². The second kappa shape index (κ2) is 26.2. The SMILES string of the molecule is NC(=O)C[C@H](N)C(=O)O.NCCCC[C@H](NC(=O)[C@H](Cc1ccc(O)cc1)NC(=O)[C@@H](N)Cc1c[nH]c2ccccc12)C(=O)NCC(=O)N[C@@H](CC(N)=O)C(=O)N[C@@H](CO)C(=O)O. The maximum Gasteiger partial charge on any atom is 0.328 e. The molecule has 0 spiro atoms. The first kappa shape index (κ1) is 52.0. The maximum absolute atomic E-state index is 13.8. The van der Waals surface area contributed by atoms with E-state index < -0.39 is 109 Å². The van der Waals surface area contributed by atoms with E-state index in [0.29, 0.717) is 24.9 Å². The van der Waals surface area contributed by atoms with E-state index in [9.17, 15) is 53.4 Å². The summed E-state index contributed by atoms with van der Waals surface area (Å²) in [7, 11) is 0. The number of aliphatic carboxylic acids is 2. The average Bonchev–Trinajstić information content (AvgIpc) is 3.63. The molecule has 0 aliphatic carbocycles. The van der Waals surface area contributed by atoms with Crippen molar-refractivity contribution in [1.29, 1.82) is 0 Å². The Kier molecular flexibility index (Phi) is 21.7. The lowest BCUT2D eigenvalue weighted by molar-refractivity contribution is -0.143. The predicted octanol–water partition coefficient (Wildman–Crippen LogP) is -4.60. The molecule has 63 heavy (non-hydrogen) atoms. The largest absolute Gasteiger partial charge is 0.508 e. The number of H-pyrrole nitrogens is 1. The average molecular weight is 886 g/mol. The molecule has 0 aliphatic rings. The van der Waals surface area contributed by atoms with Crippen LogP contribution in [0.1, 0.15) is 43.2 Å². The molecule has 24 heteroatoms. The number of rotatable bonds is 25. The number of hydrogen-bond donors (Lipinski definition) is 15. The van der Waals surface area contributed by atoms with E-state index in [1.807, 2.05) is 29.6 Å². The number of carbonyl (C=O) groups is 9. The van der Waals surface area contributed by atoms with Crippen LogP contribution in [0.25, 0.3) is 10.9 Å². The Balaban J connectivity index is 0.00000136. The number of benzene rings is 2. The van der Waals surface area contributed by atoms with Gasteiger partial charge in [-0.1, -0.05) is 30.3 Å². The number of nitrogens with two attached hydrogens (primary N) is 5. The zero-order valence-electron chi connectivity index (χ0n) is 34.1. The van der Waals surface area contributed by atoms with Crippen LogP contribution in [0.5, 0.6) is 5.75 Å². The van der Waals surface area contributed by atoms with Crippen molar-refractivity contribution in [1.82, 2.24) is 31.6 Å². The molecule has 1 aromatic heterocycles. The van der Waals surface area contributed by atoms with Crippen LogP contribution in [0.15, 0.2) is 54.7 Å². The van der Waals surface area contributed by atoms with Crippen LogP contribution < -0.4 is 55.3 Å². The molecule has 7 amide bonds. The Morgan fingerprint density at radius 1 is 0.651 bits per heavy atom. The molecule has 20 N–H and O–H groups in total. The molecule has 3 rings (SSSR count). The van der Waals surface area contributed by atoms with Gasteiger partial charge in [-0.2, -0.15) is 0 Å². The van der Waals surface area contributed by atoms with E-state index >= 15 is 0 Å². The summed E-state index contributed by atoms with van der Waals surface area (Å²) in [6.07, 6.45) is 1.80. The highest BCUT2D eigenvalue weighted by Gasteiger charge is 2.31. The van der Waals surface area contributed by atoms with Gasteiger partial charge in [-0.05, 0) is 61.6 Å². The smallest absolute Gasteiger partial charge is 0.328 e. The lowest BCUT2D eigenvalue weighted by Crippen LogP contribution is -2.57. The number of nitrogens with one attached hydrogen (secondary N) is 6. The van der Waals surface area contributed by atoms with Crippen LogP contribution >= 0.6 is 0 Å². The fourth-order valence-electron chi connectivity index (χ4n) is 5.73. The number of carbonyl (C=O) groups excluding carboxylic acids is 7. The van der Waals surface area contributed by atoms with Gasteiger partial charge in [0.15, 0.2) is 0 Å². The molecule has 0 fully saturated rings. The Bertz CT molecular complexity index is 2060. The van der Waals surface area contributed by atoms with Gasteiger partial charge in [0.25, 0.3) is 0 Å². The normalized spacial score (nSPS) is 13.6. The van der Waals surface area contributed by atoms with Gasteiger partial charge < -0.3 is 80.7 Å². The zero-order chi connectivity index (χ0) is 47.2. The predicted molar refractivity (Wildman–Crippen MR) is 223 cm³/mol. The lowest BCUT2D eigenvalue weighted by Gasteiger charge is -2.25. The van der Waals surface area contributed by atoms with Crippen molar-refractivity contribution >= 4 is 64.2 Å². The van der Waals surface area contributed by atoms with Crippen LogP contribution in [0, 0.1) is 0 Å². The van der Waals surface area contributed by atoms with Crippen molar-refractivity contribution in [3.05, 3.63) is 65.9 Å². The van der Waals surface area contributed by atoms with Crippen molar-refractivity contribution in [2.75, 3.05) is 19.7 Å². The summed E-state index contributed by atoms with van der Waals surface area (Å²) in [6.45, 7) is -1.41. The summed E-state index contributed by atoms with van der Waals surface area (Å²) >= 11 is 0. The molecule has 0 saturated carbocycles. The number of aliphatic hydroxyl groups excluding tert-OH is 1. The zero-order valence-corrected chi connectivity index (χ0v) is 34.1. The minimum absolute atomic E-state index is 0.0126. The quantitative estimate of drug-likeness (QED) is 0.0356. The van der Waals surface area contributed by atoms with E-state index in [0.717, 1.165) is 16.5 Å². The summed E-state index contributed by atoms with van der Waals surface area (Å²) < 4.78 is 0. The molecule has 0 saturated heterocycles. The van der Waals surface area contributed by atoms with E-state index in [1.54, 1.807) is 18.3 Å². The first-order valence-electron chi connectivity index (χ1n) is 19.4. The lowest BCUT2D eigenvalue weighted by atomic mass is 10.0. The first-order chi connectivity index (χ1) is 29.7. The minimum atomic E-state index is -1.72. The third-order valence-electron chi connectivity index (χ3n) is 9.06. The van der Waals surface area contributed by atoms with Gasteiger partial charge in [0.2, 0.25) is 41.4 Å². The summed E-state index contributed by atoms with van der Waals surface area (Å²) in [5.41, 5.74) is 28.9. The van der Waals surface area contributed by atoms with E-state index in [2.05, 4.69) is 32.0 Å². The summed E-state index contributed by atoms with van der Waals surface area (Å²) in [5.74, 6) is -8.78. The number of phenolic OH excluding ortho intramolecular Hbond substituents is 1. The van der Waals surface area contributed by atoms with Gasteiger partial charge >= 0.3 is 11.9 Å². The van der Waals surface area contributed by atoms with Crippen LogP contribution in [0.2, 0.25) is 0 Å². The van der Waals surface area contributed by atoms with E-state index in [-0.39, 0.29) is 31.4 Å². The first-order valence-corrected chi connectivity index (χ1v) is 19.4. The molecule has 344 valence electrons. The number of carboxylic acid groups (broad SMARTS) is 2. The molecule has 24 nitrogen and oxygen atoms in total. The van der Waals surface area contributed by atoms with Crippen molar-refractivity contribution in [3.8, 4) is 5.75 Å². The third-order valence-corrected chi connectivity index (χ3v) is 9.06. The van der Waals surface area contributed by atoms with Crippen LogP contribution in [-0.2, 0) is 56.0 Å². The Hall–Kier alpha value is -7.15. The highest BCUT2D eigenvalue weighted by molar-refractivity contribution is 5.96. The number of aromatic nitrogens is 1. The number of phenols is 1. The molecule has 3 aromatic rings. The van der Waals surface area contributed by atoms with Crippen LogP contribution in [0.3, 0.4) is 0 Å². The number of amides is 7. The van der Waals surface area contributed by atoms with Gasteiger partial charge in [-0.25, -0.2) is 4.79 Å². The summed E-state index contributed by atoms with van der Waals surface area (Å²) in [6, 6.07) is 5.42. The number of unbranched alkanes of at least 4 members (excludes halogenated alkanes) is 1. The number of aliphatic hydroxyl groups is 1. The third kappa shape index (κ3) is 18.6. The summed E-state index contributed by atoms with van der Waals surface area (Å²) in [5, 5.41) is 48.9. The van der Waals surface area contributed by atoms with Crippen molar-refractivity contribution in [2.24, 2.45) is 28.7 Å². The molecule has 1 heterocycles. The monoisotopic (exact) mass is 885 g/mol.